The lowest BCUT2D eigenvalue weighted by atomic mass is 9.89. The number of nitro groups is 1. The van der Waals surface area contributed by atoms with Gasteiger partial charge >= 0.3 is 0 Å². The number of allylic oxidation sites excluding steroid dienone is 1. The van der Waals surface area contributed by atoms with E-state index in [0.717, 1.165) is 29.0 Å². The van der Waals surface area contributed by atoms with Gasteiger partial charge in [0.05, 0.1) is 22.9 Å². The monoisotopic (exact) mass is 391 g/mol. The van der Waals surface area contributed by atoms with Crippen LogP contribution in [0.25, 0.3) is 0 Å². The number of nitrogens with zero attached hydrogens (tertiary/aromatic N) is 3. The Morgan fingerprint density at radius 2 is 1.72 bits per heavy atom. The van der Waals surface area contributed by atoms with Crippen LogP contribution in [0.2, 0.25) is 0 Å². The highest BCUT2D eigenvalue weighted by Gasteiger charge is 2.33. The van der Waals surface area contributed by atoms with E-state index >= 15 is 0 Å². The summed E-state index contributed by atoms with van der Waals surface area (Å²) in [6, 6.07) is 18.8. The molecule has 1 heterocycles. The Labute approximate surface area is 170 Å². The van der Waals surface area contributed by atoms with Gasteiger partial charge in [-0.05, 0) is 37.5 Å². The van der Waals surface area contributed by atoms with Crippen LogP contribution < -0.4 is 5.01 Å². The highest BCUT2D eigenvalue weighted by molar-refractivity contribution is 6.30. The van der Waals surface area contributed by atoms with Crippen LogP contribution in [0.15, 0.2) is 76.9 Å². The van der Waals surface area contributed by atoms with E-state index in [2.05, 4.69) is 5.10 Å². The third kappa shape index (κ3) is 4.77. The molecule has 3 rings (SSSR count). The van der Waals surface area contributed by atoms with Crippen molar-refractivity contribution < 1.29 is 9.72 Å². The van der Waals surface area contributed by atoms with Crippen molar-refractivity contribution in [1.29, 1.82) is 0 Å². The summed E-state index contributed by atoms with van der Waals surface area (Å²) in [5, 5.41) is 17.3. The van der Waals surface area contributed by atoms with Crippen LogP contribution in [0.1, 0.15) is 44.6 Å². The number of amides is 1. The topological polar surface area (TPSA) is 75.8 Å². The first-order valence-electron chi connectivity index (χ1n) is 9.85. The van der Waals surface area contributed by atoms with Gasteiger partial charge in [0, 0.05) is 4.92 Å². The van der Waals surface area contributed by atoms with Gasteiger partial charge in [-0.3, -0.25) is 14.9 Å². The second-order valence-electron chi connectivity index (χ2n) is 7.23. The molecule has 1 atom stereocenters. The molecule has 2 aromatic rings. The van der Waals surface area contributed by atoms with Gasteiger partial charge in [-0.15, -0.1) is 0 Å². The number of para-hydroxylation sites is 1. The molecule has 0 N–H and O–H groups in total. The van der Waals surface area contributed by atoms with Gasteiger partial charge in [0.2, 0.25) is 6.54 Å². The summed E-state index contributed by atoms with van der Waals surface area (Å²) in [4.78, 5) is 24.1. The standard InChI is InChI=1S/C23H25N3O3/c1-3-10-21-22(23(27)26(24-21)20-13-8-5-9-14-20)17(2)15-19(16-25(28)29)18-11-6-4-7-12-18/h4-9,11-14,19H,3,10,15-16H2,1-2H3/b22-17-/t19-/m0/s1. The van der Waals surface area contributed by atoms with Crippen molar-refractivity contribution >= 4 is 17.3 Å². The smallest absolute Gasteiger partial charge is 0.267 e. The number of hydrazone groups is 1. The molecule has 0 bridgehead atoms. The third-order valence-corrected chi connectivity index (χ3v) is 5.02. The Hall–Kier alpha value is -3.28. The molecule has 0 fully saturated rings. The second-order valence-corrected chi connectivity index (χ2v) is 7.23. The van der Waals surface area contributed by atoms with Gasteiger partial charge in [0.25, 0.3) is 5.91 Å². The molecule has 0 saturated heterocycles. The average Bonchev–Trinajstić information content (AvgIpc) is 3.05. The zero-order valence-corrected chi connectivity index (χ0v) is 16.7. The largest absolute Gasteiger partial charge is 0.280 e. The predicted octanol–water partition coefficient (Wildman–Crippen LogP) is 4.96. The Morgan fingerprint density at radius 3 is 2.31 bits per heavy atom. The van der Waals surface area contributed by atoms with Gasteiger partial charge in [-0.1, -0.05) is 67.4 Å². The van der Waals surface area contributed by atoms with Crippen molar-refractivity contribution in [3.63, 3.8) is 0 Å². The summed E-state index contributed by atoms with van der Waals surface area (Å²) in [7, 11) is 0. The van der Waals surface area contributed by atoms with Crippen molar-refractivity contribution in [2.75, 3.05) is 11.6 Å². The number of hydrogen-bond acceptors (Lipinski definition) is 4. The fourth-order valence-corrected chi connectivity index (χ4v) is 3.69. The summed E-state index contributed by atoms with van der Waals surface area (Å²) in [5.74, 6) is -0.454. The Balaban J connectivity index is 1.95. The first-order valence-corrected chi connectivity index (χ1v) is 9.85. The van der Waals surface area contributed by atoms with Gasteiger partial charge in [0.15, 0.2) is 0 Å². The summed E-state index contributed by atoms with van der Waals surface area (Å²) < 4.78 is 0. The van der Waals surface area contributed by atoms with Gasteiger partial charge in [0.1, 0.15) is 0 Å². The molecule has 0 aromatic heterocycles. The van der Waals surface area contributed by atoms with E-state index in [1.165, 1.54) is 5.01 Å². The zero-order chi connectivity index (χ0) is 20.8. The molecule has 0 spiro atoms. The lowest BCUT2D eigenvalue weighted by Crippen LogP contribution is -2.23. The SMILES string of the molecule is CCCC1=NN(c2ccccc2)C(=O)/C1=C(/C)C[C@@H](C[N+](=O)[O-])c1ccccc1. The summed E-state index contributed by atoms with van der Waals surface area (Å²) >= 11 is 0. The minimum Gasteiger partial charge on any atom is -0.267 e. The molecule has 29 heavy (non-hydrogen) atoms. The fraction of sp³-hybridized carbons (Fsp3) is 0.304. The number of rotatable bonds is 8. The van der Waals surface area contributed by atoms with Crippen molar-refractivity contribution in [2.24, 2.45) is 5.10 Å². The summed E-state index contributed by atoms with van der Waals surface area (Å²) in [5.41, 5.74) is 3.82. The summed E-state index contributed by atoms with van der Waals surface area (Å²) in [6.45, 7) is 3.76. The molecule has 0 radical (unpaired) electrons. The van der Waals surface area contributed by atoms with Crippen LogP contribution in [-0.2, 0) is 4.79 Å². The van der Waals surface area contributed by atoms with Crippen molar-refractivity contribution in [3.8, 4) is 0 Å². The molecule has 1 aliphatic heterocycles. The van der Waals surface area contributed by atoms with E-state index in [-0.39, 0.29) is 23.3 Å². The van der Waals surface area contributed by atoms with E-state index in [1.54, 1.807) is 0 Å². The van der Waals surface area contributed by atoms with Gasteiger partial charge < -0.3 is 0 Å². The maximum atomic E-state index is 13.2. The molecule has 1 aliphatic rings. The minimum atomic E-state index is -0.292. The van der Waals surface area contributed by atoms with Crippen LogP contribution >= 0.6 is 0 Å². The van der Waals surface area contributed by atoms with Gasteiger partial charge in [-0.25, -0.2) is 0 Å². The van der Waals surface area contributed by atoms with E-state index in [9.17, 15) is 14.9 Å². The zero-order valence-electron chi connectivity index (χ0n) is 16.7. The molecule has 6 nitrogen and oxygen atoms in total. The lowest BCUT2D eigenvalue weighted by molar-refractivity contribution is -0.483. The van der Waals surface area contributed by atoms with E-state index in [1.807, 2.05) is 74.5 Å². The first kappa shape index (κ1) is 20.5. The number of hydrogen-bond donors (Lipinski definition) is 0. The van der Waals surface area contributed by atoms with Crippen LogP contribution in [-0.4, -0.2) is 23.1 Å². The number of carbonyl (C=O) groups is 1. The number of anilines is 1. The van der Waals surface area contributed by atoms with E-state index < -0.39 is 0 Å². The maximum absolute atomic E-state index is 13.2. The first-order chi connectivity index (χ1) is 14.0. The molecule has 150 valence electrons. The third-order valence-electron chi connectivity index (χ3n) is 5.02. The molecular formula is C23H25N3O3. The number of carbonyl (C=O) groups excluding carboxylic acids is 1. The maximum Gasteiger partial charge on any atom is 0.280 e. The quantitative estimate of drug-likeness (QED) is 0.363. The van der Waals surface area contributed by atoms with Crippen LogP contribution in [0.5, 0.6) is 0 Å². The molecule has 0 saturated carbocycles. The van der Waals surface area contributed by atoms with E-state index in [0.29, 0.717) is 18.4 Å². The van der Waals surface area contributed by atoms with Crippen LogP contribution in [0.4, 0.5) is 5.69 Å². The molecule has 1 amide bonds. The Bertz CT molecular complexity index is 936. The fourth-order valence-electron chi connectivity index (χ4n) is 3.69. The Morgan fingerprint density at radius 1 is 1.10 bits per heavy atom. The Kier molecular flexibility index (Phi) is 6.54. The lowest BCUT2D eigenvalue weighted by Gasteiger charge is -2.16. The molecule has 0 aliphatic carbocycles. The predicted molar refractivity (Wildman–Crippen MR) is 115 cm³/mol. The molecule has 2 aromatic carbocycles. The molecule has 6 heteroatoms. The second kappa shape index (κ2) is 9.28. The van der Waals surface area contributed by atoms with Crippen molar-refractivity contribution in [3.05, 3.63) is 87.5 Å². The average molecular weight is 391 g/mol. The minimum absolute atomic E-state index is 0.162. The number of benzene rings is 2. The normalized spacial score (nSPS) is 16.6. The van der Waals surface area contributed by atoms with Gasteiger partial charge in [-0.2, -0.15) is 10.1 Å². The van der Waals surface area contributed by atoms with Crippen molar-refractivity contribution in [2.45, 2.75) is 39.0 Å². The van der Waals surface area contributed by atoms with E-state index in [4.69, 9.17) is 0 Å². The van der Waals surface area contributed by atoms with Crippen LogP contribution in [0.3, 0.4) is 0 Å². The molecule has 0 unspecified atom stereocenters. The molecular weight excluding hydrogens is 366 g/mol. The highest BCUT2D eigenvalue weighted by Crippen LogP contribution is 2.31. The van der Waals surface area contributed by atoms with Crippen LogP contribution in [0, 0.1) is 10.1 Å². The highest BCUT2D eigenvalue weighted by atomic mass is 16.6. The van der Waals surface area contributed by atoms with Crippen molar-refractivity contribution in [1.82, 2.24) is 0 Å². The summed E-state index contributed by atoms with van der Waals surface area (Å²) in [6.07, 6.45) is 1.99.